The average Bonchev–Trinajstić information content (AvgIpc) is 2.40. The van der Waals surface area contributed by atoms with Gasteiger partial charge in [-0.2, -0.15) is 0 Å². The molecule has 2 heteroatoms. The second-order valence-electron chi connectivity index (χ2n) is 4.30. The van der Waals surface area contributed by atoms with Crippen LogP contribution in [0.3, 0.4) is 0 Å². The Morgan fingerprint density at radius 1 is 0.824 bits per heavy atom. The Hall–Kier alpha value is -1.67. The molecule has 0 radical (unpaired) electrons. The number of hydrogen-bond donors (Lipinski definition) is 1. The molecule has 0 bridgehead atoms. The second kappa shape index (κ2) is 5.60. The van der Waals surface area contributed by atoms with Crippen LogP contribution in [0, 0.1) is 0 Å². The maximum Gasteiger partial charge on any atom is 0.0298 e. The lowest BCUT2D eigenvalue weighted by Gasteiger charge is -2.20. The smallest absolute Gasteiger partial charge is 0.0298 e. The fourth-order valence-corrected chi connectivity index (χ4v) is 1.96. The minimum Gasteiger partial charge on any atom is -0.304 e. The summed E-state index contributed by atoms with van der Waals surface area (Å²) in [5, 5.41) is 3.58. The monoisotopic (exact) mass is 226 g/mol. The van der Waals surface area contributed by atoms with E-state index in [0.717, 1.165) is 0 Å². The molecule has 0 spiro atoms. The topological polar surface area (TPSA) is 24.9 Å². The maximum atomic E-state index is 4.04. The van der Waals surface area contributed by atoms with Crippen LogP contribution in [-0.4, -0.2) is 4.98 Å². The molecule has 2 aromatic rings. The van der Waals surface area contributed by atoms with Gasteiger partial charge in [0.05, 0.1) is 0 Å². The fraction of sp³-hybridized carbons (Fsp3) is 0.267. The molecule has 1 N–H and O–H groups in total. The van der Waals surface area contributed by atoms with E-state index in [0.29, 0.717) is 12.1 Å². The highest BCUT2D eigenvalue weighted by molar-refractivity contribution is 5.20. The molecule has 0 saturated heterocycles. The van der Waals surface area contributed by atoms with Gasteiger partial charge in [0.25, 0.3) is 0 Å². The fourth-order valence-electron chi connectivity index (χ4n) is 1.96. The number of nitrogens with zero attached hydrogens (tertiary/aromatic N) is 1. The van der Waals surface area contributed by atoms with Crippen LogP contribution in [0.2, 0.25) is 0 Å². The highest BCUT2D eigenvalue weighted by Crippen LogP contribution is 2.18. The first-order chi connectivity index (χ1) is 8.27. The zero-order valence-corrected chi connectivity index (χ0v) is 10.3. The third-order valence-electron chi connectivity index (χ3n) is 3.01. The van der Waals surface area contributed by atoms with E-state index in [-0.39, 0.29) is 0 Å². The molecule has 0 fully saturated rings. The van der Waals surface area contributed by atoms with Gasteiger partial charge >= 0.3 is 0 Å². The van der Waals surface area contributed by atoms with Crippen molar-refractivity contribution in [3.63, 3.8) is 0 Å². The Kier molecular flexibility index (Phi) is 3.89. The minimum atomic E-state index is 0.327. The van der Waals surface area contributed by atoms with Crippen molar-refractivity contribution in [2.75, 3.05) is 0 Å². The van der Waals surface area contributed by atoms with Gasteiger partial charge in [-0.1, -0.05) is 30.3 Å². The van der Waals surface area contributed by atoms with Gasteiger partial charge in [-0.25, -0.2) is 0 Å². The summed E-state index contributed by atoms with van der Waals surface area (Å²) in [5.41, 5.74) is 2.58. The lowest BCUT2D eigenvalue weighted by molar-refractivity contribution is 0.494. The van der Waals surface area contributed by atoms with Crippen LogP contribution < -0.4 is 5.32 Å². The minimum absolute atomic E-state index is 0.327. The van der Waals surface area contributed by atoms with Gasteiger partial charge in [0.1, 0.15) is 0 Å². The Balaban J connectivity index is 2.02. The van der Waals surface area contributed by atoms with Gasteiger partial charge in [0, 0.05) is 24.5 Å². The van der Waals surface area contributed by atoms with E-state index in [1.54, 1.807) is 0 Å². The maximum absolute atomic E-state index is 4.04. The summed E-state index contributed by atoms with van der Waals surface area (Å²) in [6.45, 7) is 4.36. The van der Waals surface area contributed by atoms with E-state index < -0.39 is 0 Å². The molecule has 1 aromatic carbocycles. The number of benzene rings is 1. The average molecular weight is 226 g/mol. The molecule has 2 nitrogen and oxygen atoms in total. The normalized spacial score (nSPS) is 14.2. The van der Waals surface area contributed by atoms with E-state index >= 15 is 0 Å². The Morgan fingerprint density at radius 3 is 1.94 bits per heavy atom. The molecule has 88 valence electrons. The third kappa shape index (κ3) is 3.14. The molecule has 2 atom stereocenters. The number of hydrogen-bond acceptors (Lipinski definition) is 2. The van der Waals surface area contributed by atoms with E-state index in [1.165, 1.54) is 11.1 Å². The van der Waals surface area contributed by atoms with Crippen LogP contribution in [0.15, 0.2) is 54.9 Å². The highest BCUT2D eigenvalue weighted by Gasteiger charge is 2.10. The molecule has 0 amide bonds. The predicted octanol–water partition coefficient (Wildman–Crippen LogP) is 3.49. The van der Waals surface area contributed by atoms with Crippen LogP contribution in [-0.2, 0) is 0 Å². The van der Waals surface area contributed by atoms with Crippen molar-refractivity contribution < 1.29 is 0 Å². The molecule has 2 rings (SSSR count). The summed E-state index contributed by atoms with van der Waals surface area (Å²) < 4.78 is 0. The van der Waals surface area contributed by atoms with E-state index in [2.05, 4.69) is 60.5 Å². The standard InChI is InChI=1S/C15H18N2/c1-12(14-6-4-3-5-7-14)17-13(2)15-8-10-16-11-9-15/h3-13,17H,1-2H3/t12-,13?/m1/s1. The highest BCUT2D eigenvalue weighted by atomic mass is 14.9. The van der Waals surface area contributed by atoms with Crippen molar-refractivity contribution >= 4 is 0 Å². The largest absolute Gasteiger partial charge is 0.304 e. The third-order valence-corrected chi connectivity index (χ3v) is 3.01. The van der Waals surface area contributed by atoms with Gasteiger partial charge in [-0.3, -0.25) is 4.98 Å². The predicted molar refractivity (Wildman–Crippen MR) is 70.6 cm³/mol. The summed E-state index contributed by atoms with van der Waals surface area (Å²) in [4.78, 5) is 4.04. The molecular weight excluding hydrogens is 208 g/mol. The van der Waals surface area contributed by atoms with E-state index in [9.17, 15) is 0 Å². The van der Waals surface area contributed by atoms with Crippen LogP contribution in [0.25, 0.3) is 0 Å². The van der Waals surface area contributed by atoms with Gasteiger partial charge in [-0.15, -0.1) is 0 Å². The van der Waals surface area contributed by atoms with Crippen LogP contribution in [0.1, 0.15) is 37.1 Å². The van der Waals surface area contributed by atoms with Gasteiger partial charge < -0.3 is 5.32 Å². The Morgan fingerprint density at radius 2 is 1.35 bits per heavy atom. The molecule has 0 saturated carbocycles. The Bertz CT molecular complexity index is 395. The van der Waals surface area contributed by atoms with Gasteiger partial charge in [0.15, 0.2) is 0 Å². The number of nitrogens with one attached hydrogen (secondary N) is 1. The first-order valence-electron chi connectivity index (χ1n) is 5.98. The van der Waals surface area contributed by atoms with E-state index in [1.807, 2.05) is 18.5 Å². The zero-order valence-electron chi connectivity index (χ0n) is 10.3. The van der Waals surface area contributed by atoms with Crippen molar-refractivity contribution in [2.45, 2.75) is 25.9 Å². The number of rotatable bonds is 4. The molecule has 1 aromatic heterocycles. The Labute approximate surface area is 103 Å². The number of aromatic nitrogens is 1. The van der Waals surface area contributed by atoms with Crippen molar-refractivity contribution in [1.82, 2.24) is 10.3 Å². The van der Waals surface area contributed by atoms with Crippen LogP contribution >= 0.6 is 0 Å². The van der Waals surface area contributed by atoms with Crippen molar-refractivity contribution in [2.24, 2.45) is 0 Å². The summed E-state index contributed by atoms with van der Waals surface area (Å²) in [5.74, 6) is 0. The molecule has 0 aliphatic heterocycles. The van der Waals surface area contributed by atoms with Gasteiger partial charge in [-0.05, 0) is 37.1 Å². The van der Waals surface area contributed by atoms with Crippen molar-refractivity contribution in [1.29, 1.82) is 0 Å². The van der Waals surface area contributed by atoms with E-state index in [4.69, 9.17) is 0 Å². The SMILES string of the molecule is CC(N[C@H](C)c1ccccc1)c1ccncc1. The molecule has 17 heavy (non-hydrogen) atoms. The molecule has 0 aliphatic rings. The quantitative estimate of drug-likeness (QED) is 0.863. The lowest BCUT2D eigenvalue weighted by atomic mass is 10.1. The van der Waals surface area contributed by atoms with Crippen molar-refractivity contribution in [3.8, 4) is 0 Å². The summed E-state index contributed by atoms with van der Waals surface area (Å²) in [6.07, 6.45) is 3.67. The first kappa shape index (κ1) is 11.8. The zero-order chi connectivity index (χ0) is 12.1. The molecule has 1 heterocycles. The number of pyridine rings is 1. The summed E-state index contributed by atoms with van der Waals surface area (Å²) >= 11 is 0. The van der Waals surface area contributed by atoms with Crippen molar-refractivity contribution in [3.05, 3.63) is 66.0 Å². The van der Waals surface area contributed by atoms with Gasteiger partial charge in [0.2, 0.25) is 0 Å². The summed E-state index contributed by atoms with van der Waals surface area (Å²) in [7, 11) is 0. The lowest BCUT2D eigenvalue weighted by Crippen LogP contribution is -2.22. The summed E-state index contributed by atoms with van der Waals surface area (Å²) in [6, 6.07) is 15.3. The molecule has 0 aliphatic carbocycles. The van der Waals surface area contributed by atoms with Crippen LogP contribution in [0.4, 0.5) is 0 Å². The molecular formula is C15H18N2. The molecule has 1 unspecified atom stereocenters. The second-order valence-corrected chi connectivity index (χ2v) is 4.30. The first-order valence-corrected chi connectivity index (χ1v) is 5.98. The van der Waals surface area contributed by atoms with Crippen LogP contribution in [0.5, 0.6) is 0 Å².